The summed E-state index contributed by atoms with van der Waals surface area (Å²) >= 11 is 0. The van der Waals surface area contributed by atoms with Crippen LogP contribution in [0, 0.1) is 11.3 Å². The highest BCUT2D eigenvalue weighted by Crippen LogP contribution is 2.26. The first kappa shape index (κ1) is 15.6. The van der Waals surface area contributed by atoms with E-state index in [0.717, 1.165) is 5.39 Å². The Balaban J connectivity index is 1.82. The Morgan fingerprint density at radius 3 is 2.65 bits per heavy atom. The second kappa shape index (κ2) is 6.54. The van der Waals surface area contributed by atoms with Crippen molar-refractivity contribution in [3.8, 4) is 17.5 Å². The number of carbonyl (C=O) groups excluding carboxylic acids is 1. The summed E-state index contributed by atoms with van der Waals surface area (Å²) in [5, 5.41) is 12.8. The molecule has 4 rings (SSSR count). The summed E-state index contributed by atoms with van der Waals surface area (Å²) in [6, 6.07) is 21.7. The smallest absolute Gasteiger partial charge is 0.256 e. The van der Waals surface area contributed by atoms with Crippen molar-refractivity contribution in [3.63, 3.8) is 0 Å². The van der Waals surface area contributed by atoms with Gasteiger partial charge in [-0.3, -0.25) is 4.79 Å². The lowest BCUT2D eigenvalue weighted by molar-refractivity contribution is 0.102. The molecule has 5 nitrogen and oxygen atoms in total. The van der Waals surface area contributed by atoms with Gasteiger partial charge in [-0.05, 0) is 36.4 Å². The molecule has 2 heterocycles. The molecule has 0 atom stereocenters. The van der Waals surface area contributed by atoms with Gasteiger partial charge in [0.05, 0.1) is 28.6 Å². The minimum absolute atomic E-state index is 0.306. The van der Waals surface area contributed by atoms with Crippen molar-refractivity contribution < 1.29 is 9.21 Å². The Bertz CT molecular complexity index is 1140. The largest absolute Gasteiger partial charge is 0.463 e. The van der Waals surface area contributed by atoms with Crippen LogP contribution in [0.2, 0.25) is 0 Å². The Morgan fingerprint density at radius 2 is 1.85 bits per heavy atom. The number of nitrogens with one attached hydrogen (secondary N) is 1. The molecule has 124 valence electrons. The van der Waals surface area contributed by atoms with Crippen molar-refractivity contribution in [2.24, 2.45) is 0 Å². The van der Waals surface area contributed by atoms with E-state index in [0.29, 0.717) is 33.8 Å². The lowest BCUT2D eigenvalue weighted by atomic mass is 10.1. The molecule has 0 radical (unpaired) electrons. The number of furan rings is 1. The molecule has 0 spiro atoms. The summed E-state index contributed by atoms with van der Waals surface area (Å²) in [5.41, 5.74) is 2.62. The first-order valence-corrected chi connectivity index (χ1v) is 8.00. The van der Waals surface area contributed by atoms with Crippen molar-refractivity contribution >= 4 is 22.5 Å². The number of fused-ring (bicyclic) bond motifs is 1. The summed E-state index contributed by atoms with van der Waals surface area (Å²) in [6.07, 6.45) is 1.56. The molecule has 2 aromatic carbocycles. The molecule has 26 heavy (non-hydrogen) atoms. The summed E-state index contributed by atoms with van der Waals surface area (Å²) in [5.74, 6) is 0.279. The number of hydrogen-bond donors (Lipinski definition) is 1. The van der Waals surface area contributed by atoms with Gasteiger partial charge in [-0.2, -0.15) is 5.26 Å². The topological polar surface area (TPSA) is 78.9 Å². The Kier molecular flexibility index (Phi) is 3.92. The molecule has 2 aromatic heterocycles. The number of carbonyl (C=O) groups is 1. The third kappa shape index (κ3) is 2.80. The van der Waals surface area contributed by atoms with E-state index in [1.54, 1.807) is 48.7 Å². The highest BCUT2D eigenvalue weighted by molar-refractivity contribution is 6.13. The highest BCUT2D eigenvalue weighted by Gasteiger charge is 2.16. The number of nitrogens with zero attached hydrogens (tertiary/aromatic N) is 2. The number of hydrogen-bond acceptors (Lipinski definition) is 4. The molecule has 4 aromatic rings. The zero-order valence-electron chi connectivity index (χ0n) is 13.6. The van der Waals surface area contributed by atoms with Crippen LogP contribution >= 0.6 is 0 Å². The number of anilines is 1. The predicted octanol–water partition coefficient (Wildman–Crippen LogP) is 4.62. The number of aromatic nitrogens is 1. The minimum atomic E-state index is -0.306. The van der Waals surface area contributed by atoms with Gasteiger partial charge in [-0.1, -0.05) is 30.3 Å². The first-order valence-electron chi connectivity index (χ1n) is 8.00. The molecule has 0 aliphatic rings. The van der Waals surface area contributed by atoms with Gasteiger partial charge in [0.1, 0.15) is 11.8 Å². The lowest BCUT2D eigenvalue weighted by Crippen LogP contribution is -2.14. The summed E-state index contributed by atoms with van der Waals surface area (Å²) in [7, 11) is 0. The number of nitriles is 1. The molecule has 0 fully saturated rings. The lowest BCUT2D eigenvalue weighted by Gasteiger charge is -2.10. The average molecular weight is 339 g/mol. The van der Waals surface area contributed by atoms with Gasteiger partial charge in [0, 0.05) is 5.39 Å². The monoisotopic (exact) mass is 339 g/mol. The van der Waals surface area contributed by atoms with Gasteiger partial charge in [-0.25, -0.2) is 4.98 Å². The number of amides is 1. The molecule has 1 N–H and O–H groups in total. The molecular formula is C21H13N3O2. The molecule has 0 aliphatic heterocycles. The number of rotatable bonds is 3. The van der Waals surface area contributed by atoms with Crippen molar-refractivity contribution in [2.75, 3.05) is 5.32 Å². The van der Waals surface area contributed by atoms with Crippen LogP contribution in [0.25, 0.3) is 22.4 Å². The molecule has 0 aliphatic carbocycles. The van der Waals surface area contributed by atoms with Gasteiger partial charge < -0.3 is 9.73 Å². The van der Waals surface area contributed by atoms with Crippen LogP contribution in [-0.2, 0) is 0 Å². The van der Waals surface area contributed by atoms with Crippen LogP contribution in [0.4, 0.5) is 5.69 Å². The van der Waals surface area contributed by atoms with E-state index in [9.17, 15) is 10.1 Å². The van der Waals surface area contributed by atoms with Gasteiger partial charge in [-0.15, -0.1) is 0 Å². The Hall–Kier alpha value is -3.91. The minimum Gasteiger partial charge on any atom is -0.463 e. The van der Waals surface area contributed by atoms with Crippen molar-refractivity contribution in [1.29, 1.82) is 5.26 Å². The zero-order chi connectivity index (χ0) is 17.9. The molecule has 1 amide bonds. The predicted molar refractivity (Wildman–Crippen MR) is 98.6 cm³/mol. The van der Waals surface area contributed by atoms with Crippen LogP contribution in [0.5, 0.6) is 0 Å². The van der Waals surface area contributed by atoms with Crippen LogP contribution in [0.15, 0.2) is 77.4 Å². The van der Waals surface area contributed by atoms with Crippen LogP contribution < -0.4 is 5.32 Å². The van der Waals surface area contributed by atoms with E-state index in [2.05, 4.69) is 16.4 Å². The number of para-hydroxylation sites is 2. The Labute approximate surface area is 149 Å². The summed E-state index contributed by atoms with van der Waals surface area (Å²) < 4.78 is 5.42. The Morgan fingerprint density at radius 1 is 1.04 bits per heavy atom. The molecule has 0 saturated heterocycles. The fourth-order valence-corrected chi connectivity index (χ4v) is 2.79. The van der Waals surface area contributed by atoms with Gasteiger partial charge in [0.25, 0.3) is 5.91 Å². The van der Waals surface area contributed by atoms with E-state index in [4.69, 9.17) is 4.42 Å². The van der Waals surface area contributed by atoms with Gasteiger partial charge in [0.2, 0.25) is 0 Å². The third-order valence-corrected chi connectivity index (χ3v) is 4.03. The SMILES string of the molecule is N#Cc1ccccc1NC(=O)c1cc(-c2ccco2)nc2ccccc12. The maximum Gasteiger partial charge on any atom is 0.256 e. The third-order valence-electron chi connectivity index (χ3n) is 4.03. The van der Waals surface area contributed by atoms with Crippen molar-refractivity contribution in [3.05, 3.63) is 84.1 Å². The molecule has 5 heteroatoms. The van der Waals surface area contributed by atoms with E-state index >= 15 is 0 Å². The van der Waals surface area contributed by atoms with Crippen LogP contribution in [0.1, 0.15) is 15.9 Å². The molecule has 0 unspecified atom stereocenters. The first-order chi connectivity index (χ1) is 12.8. The second-order valence-corrected chi connectivity index (χ2v) is 5.66. The zero-order valence-corrected chi connectivity index (χ0v) is 13.6. The number of pyridine rings is 1. The highest BCUT2D eigenvalue weighted by atomic mass is 16.3. The van der Waals surface area contributed by atoms with Gasteiger partial charge >= 0.3 is 0 Å². The molecular weight excluding hydrogens is 326 g/mol. The average Bonchev–Trinajstić information content (AvgIpc) is 3.22. The van der Waals surface area contributed by atoms with E-state index in [1.807, 2.05) is 24.3 Å². The van der Waals surface area contributed by atoms with Crippen LogP contribution in [-0.4, -0.2) is 10.9 Å². The molecule has 0 saturated carbocycles. The normalized spacial score (nSPS) is 10.4. The second-order valence-electron chi connectivity index (χ2n) is 5.66. The van der Waals surface area contributed by atoms with E-state index < -0.39 is 0 Å². The fraction of sp³-hybridized carbons (Fsp3) is 0. The molecule has 0 bridgehead atoms. The summed E-state index contributed by atoms with van der Waals surface area (Å²) in [6.45, 7) is 0. The van der Waals surface area contributed by atoms with Gasteiger partial charge in [0.15, 0.2) is 5.76 Å². The maximum absolute atomic E-state index is 12.9. The van der Waals surface area contributed by atoms with Crippen molar-refractivity contribution in [1.82, 2.24) is 4.98 Å². The van der Waals surface area contributed by atoms with Crippen molar-refractivity contribution in [2.45, 2.75) is 0 Å². The van der Waals surface area contributed by atoms with E-state index in [-0.39, 0.29) is 5.91 Å². The number of benzene rings is 2. The van der Waals surface area contributed by atoms with E-state index in [1.165, 1.54) is 0 Å². The summed E-state index contributed by atoms with van der Waals surface area (Å²) in [4.78, 5) is 17.5. The fourth-order valence-electron chi connectivity index (χ4n) is 2.79. The van der Waals surface area contributed by atoms with Crippen LogP contribution in [0.3, 0.4) is 0 Å². The quantitative estimate of drug-likeness (QED) is 0.591. The maximum atomic E-state index is 12.9. The standard InChI is InChI=1S/C21H13N3O2/c22-13-14-6-1-3-8-17(14)24-21(25)16-12-19(20-10-5-11-26-20)23-18-9-4-2-7-15(16)18/h1-12H,(H,24,25).